The van der Waals surface area contributed by atoms with Crippen LogP contribution in [0.2, 0.25) is 0 Å². The molecule has 114 valence electrons. The van der Waals surface area contributed by atoms with Gasteiger partial charge in [0, 0.05) is 25.7 Å². The third-order valence-corrected chi connectivity index (χ3v) is 3.60. The Morgan fingerprint density at radius 2 is 1.95 bits per heavy atom. The number of aliphatic hydroxyl groups is 2. The summed E-state index contributed by atoms with van der Waals surface area (Å²) in [5.74, 6) is -0.275. The summed E-state index contributed by atoms with van der Waals surface area (Å²) in [4.78, 5) is 2.21. The van der Waals surface area contributed by atoms with Gasteiger partial charge in [0.15, 0.2) is 0 Å². The lowest BCUT2D eigenvalue weighted by atomic mass is 10.0. The van der Waals surface area contributed by atoms with Gasteiger partial charge in [-0.2, -0.15) is 0 Å². The molecule has 0 spiro atoms. The standard InChI is InChI=1S/C16H26FNO2/c1-12(2)18(8-4-10-19)9-7-16(20)14-6-5-13(3)15(17)11-14/h5-6,11-12,16,19-20H,4,7-10H2,1-3H3. The van der Waals surface area contributed by atoms with Crippen molar-refractivity contribution in [3.63, 3.8) is 0 Å². The van der Waals surface area contributed by atoms with Crippen molar-refractivity contribution in [3.05, 3.63) is 35.1 Å². The lowest BCUT2D eigenvalue weighted by molar-refractivity contribution is 0.125. The van der Waals surface area contributed by atoms with Crippen molar-refractivity contribution < 1.29 is 14.6 Å². The Bertz CT molecular complexity index is 409. The third-order valence-electron chi connectivity index (χ3n) is 3.60. The Morgan fingerprint density at radius 3 is 2.50 bits per heavy atom. The molecule has 1 atom stereocenters. The SMILES string of the molecule is Cc1ccc(C(O)CCN(CCCO)C(C)C)cc1F. The monoisotopic (exact) mass is 283 g/mol. The van der Waals surface area contributed by atoms with Crippen LogP contribution in [0.25, 0.3) is 0 Å². The van der Waals surface area contributed by atoms with Gasteiger partial charge in [0.2, 0.25) is 0 Å². The second kappa shape index (κ2) is 8.35. The molecule has 1 aromatic carbocycles. The number of benzene rings is 1. The van der Waals surface area contributed by atoms with E-state index in [2.05, 4.69) is 18.7 Å². The molecule has 0 radical (unpaired) electrons. The molecule has 1 rings (SSSR count). The number of nitrogens with zero attached hydrogens (tertiary/aromatic N) is 1. The van der Waals surface area contributed by atoms with Gasteiger partial charge in [-0.15, -0.1) is 0 Å². The second-order valence-electron chi connectivity index (χ2n) is 5.52. The Balaban J connectivity index is 2.55. The molecule has 0 fully saturated rings. The van der Waals surface area contributed by atoms with Crippen LogP contribution in [0.4, 0.5) is 4.39 Å². The maximum atomic E-state index is 13.5. The summed E-state index contributed by atoms with van der Waals surface area (Å²) in [5.41, 5.74) is 1.21. The molecule has 0 aliphatic heterocycles. The molecule has 0 saturated carbocycles. The highest BCUT2D eigenvalue weighted by molar-refractivity contribution is 5.24. The molecule has 0 aromatic heterocycles. The van der Waals surface area contributed by atoms with Crippen LogP contribution < -0.4 is 0 Å². The van der Waals surface area contributed by atoms with E-state index < -0.39 is 6.10 Å². The Kier molecular flexibility index (Phi) is 7.13. The third kappa shape index (κ3) is 5.19. The molecule has 0 bridgehead atoms. The van der Waals surface area contributed by atoms with Crippen LogP contribution >= 0.6 is 0 Å². The zero-order valence-electron chi connectivity index (χ0n) is 12.6. The zero-order chi connectivity index (χ0) is 15.1. The number of hydrogen-bond acceptors (Lipinski definition) is 3. The molecule has 0 amide bonds. The summed E-state index contributed by atoms with van der Waals surface area (Å²) in [6.45, 7) is 7.61. The van der Waals surface area contributed by atoms with E-state index in [1.165, 1.54) is 6.07 Å². The summed E-state index contributed by atoms with van der Waals surface area (Å²) in [7, 11) is 0. The van der Waals surface area contributed by atoms with Crippen LogP contribution in [0.15, 0.2) is 18.2 Å². The first-order chi connectivity index (χ1) is 9.45. The van der Waals surface area contributed by atoms with Gasteiger partial charge < -0.3 is 15.1 Å². The highest BCUT2D eigenvalue weighted by Crippen LogP contribution is 2.20. The van der Waals surface area contributed by atoms with Crippen molar-refractivity contribution in [1.82, 2.24) is 4.90 Å². The van der Waals surface area contributed by atoms with E-state index in [0.717, 1.165) is 19.5 Å². The molecule has 0 heterocycles. The first-order valence-electron chi connectivity index (χ1n) is 7.24. The van der Waals surface area contributed by atoms with E-state index in [1.807, 2.05) is 0 Å². The number of rotatable bonds is 8. The normalized spacial score (nSPS) is 13.2. The van der Waals surface area contributed by atoms with Crippen molar-refractivity contribution in [2.75, 3.05) is 19.7 Å². The van der Waals surface area contributed by atoms with Gasteiger partial charge in [0.25, 0.3) is 0 Å². The first kappa shape index (κ1) is 17.1. The summed E-state index contributed by atoms with van der Waals surface area (Å²) in [5, 5.41) is 19.0. The van der Waals surface area contributed by atoms with Crippen LogP contribution in [0.5, 0.6) is 0 Å². The lowest BCUT2D eigenvalue weighted by Crippen LogP contribution is -2.34. The predicted molar refractivity (Wildman–Crippen MR) is 79.1 cm³/mol. The highest BCUT2D eigenvalue weighted by Gasteiger charge is 2.14. The average molecular weight is 283 g/mol. The topological polar surface area (TPSA) is 43.7 Å². The van der Waals surface area contributed by atoms with Gasteiger partial charge in [-0.05, 0) is 50.8 Å². The van der Waals surface area contributed by atoms with E-state index >= 15 is 0 Å². The number of hydrogen-bond donors (Lipinski definition) is 2. The van der Waals surface area contributed by atoms with Crippen molar-refractivity contribution in [3.8, 4) is 0 Å². The molecule has 0 saturated heterocycles. The van der Waals surface area contributed by atoms with Crippen molar-refractivity contribution in [1.29, 1.82) is 0 Å². The molecule has 2 N–H and O–H groups in total. The van der Waals surface area contributed by atoms with Gasteiger partial charge in [-0.1, -0.05) is 12.1 Å². The van der Waals surface area contributed by atoms with E-state index in [1.54, 1.807) is 19.1 Å². The molecule has 1 aromatic rings. The maximum Gasteiger partial charge on any atom is 0.126 e. The second-order valence-corrected chi connectivity index (χ2v) is 5.52. The maximum absolute atomic E-state index is 13.5. The molecular formula is C16H26FNO2. The molecule has 3 nitrogen and oxygen atoms in total. The fraction of sp³-hybridized carbons (Fsp3) is 0.625. The fourth-order valence-electron chi connectivity index (χ4n) is 2.17. The Labute approximate surface area is 121 Å². The molecule has 20 heavy (non-hydrogen) atoms. The van der Waals surface area contributed by atoms with E-state index in [0.29, 0.717) is 23.6 Å². The predicted octanol–water partition coefficient (Wildman–Crippen LogP) is 2.65. The zero-order valence-corrected chi connectivity index (χ0v) is 12.6. The number of aliphatic hydroxyl groups excluding tert-OH is 2. The van der Waals surface area contributed by atoms with Crippen LogP contribution in [0, 0.1) is 12.7 Å². The summed E-state index contributed by atoms with van der Waals surface area (Å²) >= 11 is 0. The molecule has 4 heteroatoms. The summed E-state index contributed by atoms with van der Waals surface area (Å²) in [6, 6.07) is 5.24. The fourth-order valence-corrected chi connectivity index (χ4v) is 2.17. The van der Waals surface area contributed by atoms with Gasteiger partial charge in [0.05, 0.1) is 6.10 Å². The van der Waals surface area contributed by atoms with Crippen LogP contribution in [-0.2, 0) is 0 Å². The first-order valence-corrected chi connectivity index (χ1v) is 7.24. The molecule has 0 aliphatic carbocycles. The van der Waals surface area contributed by atoms with Crippen molar-refractivity contribution in [2.45, 2.75) is 45.8 Å². The molecular weight excluding hydrogens is 257 g/mol. The van der Waals surface area contributed by atoms with E-state index in [-0.39, 0.29) is 12.4 Å². The molecule has 1 unspecified atom stereocenters. The van der Waals surface area contributed by atoms with Gasteiger partial charge in [-0.25, -0.2) is 4.39 Å². The van der Waals surface area contributed by atoms with Gasteiger partial charge in [-0.3, -0.25) is 0 Å². The summed E-state index contributed by atoms with van der Waals surface area (Å²) in [6.07, 6.45) is 0.639. The highest BCUT2D eigenvalue weighted by atomic mass is 19.1. The van der Waals surface area contributed by atoms with Crippen molar-refractivity contribution in [2.24, 2.45) is 0 Å². The van der Waals surface area contributed by atoms with Crippen LogP contribution in [0.1, 0.15) is 43.9 Å². The van der Waals surface area contributed by atoms with Gasteiger partial charge in [0.1, 0.15) is 5.82 Å². The van der Waals surface area contributed by atoms with Crippen molar-refractivity contribution >= 4 is 0 Å². The van der Waals surface area contributed by atoms with Gasteiger partial charge >= 0.3 is 0 Å². The summed E-state index contributed by atoms with van der Waals surface area (Å²) < 4.78 is 13.5. The minimum absolute atomic E-state index is 0.176. The minimum Gasteiger partial charge on any atom is -0.396 e. The Hall–Kier alpha value is -0.970. The minimum atomic E-state index is -0.652. The smallest absolute Gasteiger partial charge is 0.126 e. The lowest BCUT2D eigenvalue weighted by Gasteiger charge is -2.27. The average Bonchev–Trinajstić information content (AvgIpc) is 2.41. The Morgan fingerprint density at radius 1 is 1.25 bits per heavy atom. The number of aryl methyl sites for hydroxylation is 1. The van der Waals surface area contributed by atoms with Crippen LogP contribution in [-0.4, -0.2) is 40.9 Å². The van der Waals surface area contributed by atoms with E-state index in [4.69, 9.17) is 5.11 Å². The van der Waals surface area contributed by atoms with E-state index in [9.17, 15) is 9.50 Å². The molecule has 0 aliphatic rings. The van der Waals surface area contributed by atoms with Crippen LogP contribution in [0.3, 0.4) is 0 Å². The largest absolute Gasteiger partial charge is 0.396 e. The number of halogens is 1. The quantitative estimate of drug-likeness (QED) is 0.771.